The average Bonchev–Trinajstić information content (AvgIpc) is 2.98. The Hall–Kier alpha value is -2.60. The Bertz CT molecular complexity index is 1060. The molecule has 3 amide bonds. The number of rotatable bonds is 7. The van der Waals surface area contributed by atoms with Crippen molar-refractivity contribution in [3.05, 3.63) is 56.3 Å². The molecular weight excluding hydrogens is 538 g/mol. The SMILES string of the molecule is CCOc1c(I)cc(/C=C2\SC(=O)N(CC(=O)Nc3ccc(F)cc3)C2=O)cc1OC. The molecular formula is C21H18FIN2O5S. The van der Waals surface area contributed by atoms with Gasteiger partial charge in [0.15, 0.2) is 11.5 Å². The lowest BCUT2D eigenvalue weighted by Crippen LogP contribution is -2.36. The molecule has 0 aliphatic carbocycles. The van der Waals surface area contributed by atoms with E-state index < -0.39 is 29.4 Å². The van der Waals surface area contributed by atoms with Crippen molar-refractivity contribution in [3.8, 4) is 11.5 Å². The molecule has 162 valence electrons. The van der Waals surface area contributed by atoms with Gasteiger partial charge < -0.3 is 14.8 Å². The Balaban J connectivity index is 1.75. The normalized spacial score (nSPS) is 14.8. The number of benzene rings is 2. The molecule has 1 fully saturated rings. The van der Waals surface area contributed by atoms with Crippen LogP contribution in [0.4, 0.5) is 14.9 Å². The van der Waals surface area contributed by atoms with Crippen molar-refractivity contribution < 1.29 is 28.2 Å². The molecule has 3 rings (SSSR count). The summed E-state index contributed by atoms with van der Waals surface area (Å²) in [5.41, 5.74) is 1.02. The lowest BCUT2D eigenvalue weighted by molar-refractivity contribution is -0.127. The molecule has 7 nitrogen and oxygen atoms in total. The molecule has 31 heavy (non-hydrogen) atoms. The molecule has 1 saturated heterocycles. The minimum absolute atomic E-state index is 0.196. The van der Waals surface area contributed by atoms with Gasteiger partial charge in [0.2, 0.25) is 5.91 Å². The first-order valence-electron chi connectivity index (χ1n) is 9.13. The number of carbonyl (C=O) groups excluding carboxylic acids is 3. The monoisotopic (exact) mass is 556 g/mol. The minimum Gasteiger partial charge on any atom is -0.493 e. The van der Waals surface area contributed by atoms with Crippen molar-refractivity contribution >= 4 is 63.2 Å². The number of amides is 3. The fraction of sp³-hybridized carbons (Fsp3) is 0.190. The first kappa shape index (κ1) is 23.1. The van der Waals surface area contributed by atoms with E-state index in [1.807, 2.05) is 13.0 Å². The Morgan fingerprint density at radius 2 is 1.97 bits per heavy atom. The van der Waals surface area contributed by atoms with E-state index in [-0.39, 0.29) is 4.91 Å². The summed E-state index contributed by atoms with van der Waals surface area (Å²) in [5, 5.41) is 1.99. The Morgan fingerprint density at radius 1 is 1.26 bits per heavy atom. The lowest BCUT2D eigenvalue weighted by Gasteiger charge is -2.13. The highest BCUT2D eigenvalue weighted by atomic mass is 127. The number of halogens is 2. The van der Waals surface area contributed by atoms with Gasteiger partial charge in [0.25, 0.3) is 11.1 Å². The average molecular weight is 556 g/mol. The molecule has 0 saturated carbocycles. The van der Waals surface area contributed by atoms with Crippen LogP contribution in [0.5, 0.6) is 11.5 Å². The number of ether oxygens (including phenoxy) is 2. The maximum absolute atomic E-state index is 13.0. The van der Waals surface area contributed by atoms with E-state index in [9.17, 15) is 18.8 Å². The molecule has 0 spiro atoms. The highest BCUT2D eigenvalue weighted by Crippen LogP contribution is 2.37. The highest BCUT2D eigenvalue weighted by molar-refractivity contribution is 14.1. The summed E-state index contributed by atoms with van der Waals surface area (Å²) in [6.07, 6.45) is 1.57. The number of anilines is 1. The van der Waals surface area contributed by atoms with E-state index in [2.05, 4.69) is 27.9 Å². The predicted octanol–water partition coefficient (Wildman–Crippen LogP) is 4.51. The number of carbonyl (C=O) groups is 3. The van der Waals surface area contributed by atoms with Crippen LogP contribution in [0.1, 0.15) is 12.5 Å². The van der Waals surface area contributed by atoms with Gasteiger partial charge >= 0.3 is 0 Å². The van der Waals surface area contributed by atoms with Crippen LogP contribution in [0.25, 0.3) is 6.08 Å². The van der Waals surface area contributed by atoms with Gasteiger partial charge in [0, 0.05) is 5.69 Å². The number of thioether (sulfide) groups is 1. The van der Waals surface area contributed by atoms with Gasteiger partial charge in [-0.25, -0.2) is 4.39 Å². The summed E-state index contributed by atoms with van der Waals surface area (Å²) in [5.74, 6) is -0.444. The fourth-order valence-corrected chi connectivity index (χ4v) is 4.39. The molecule has 0 radical (unpaired) electrons. The number of hydrogen-bond acceptors (Lipinski definition) is 6. The van der Waals surface area contributed by atoms with Gasteiger partial charge in [0.05, 0.1) is 22.2 Å². The van der Waals surface area contributed by atoms with E-state index >= 15 is 0 Å². The number of methoxy groups -OCH3 is 1. The van der Waals surface area contributed by atoms with Crippen LogP contribution in [0.15, 0.2) is 41.3 Å². The number of nitrogens with one attached hydrogen (secondary N) is 1. The van der Waals surface area contributed by atoms with E-state index in [0.29, 0.717) is 29.4 Å². The molecule has 1 heterocycles. The summed E-state index contributed by atoms with van der Waals surface area (Å²) in [4.78, 5) is 38.3. The van der Waals surface area contributed by atoms with Crippen molar-refractivity contribution in [1.29, 1.82) is 0 Å². The first-order valence-corrected chi connectivity index (χ1v) is 11.0. The Morgan fingerprint density at radius 3 is 2.61 bits per heavy atom. The quantitative estimate of drug-likeness (QED) is 0.399. The summed E-state index contributed by atoms with van der Waals surface area (Å²) >= 11 is 2.86. The minimum atomic E-state index is -0.563. The van der Waals surface area contributed by atoms with Gasteiger partial charge in [-0.1, -0.05) is 0 Å². The van der Waals surface area contributed by atoms with E-state index in [1.54, 1.807) is 12.1 Å². The zero-order valence-corrected chi connectivity index (χ0v) is 19.6. The van der Waals surface area contributed by atoms with Crippen LogP contribution >= 0.6 is 34.4 Å². The van der Waals surface area contributed by atoms with Gasteiger partial charge in [-0.15, -0.1) is 0 Å². The third-order valence-electron chi connectivity index (χ3n) is 4.14. The van der Waals surface area contributed by atoms with Crippen molar-refractivity contribution in [2.45, 2.75) is 6.92 Å². The summed E-state index contributed by atoms with van der Waals surface area (Å²) in [7, 11) is 1.52. The van der Waals surface area contributed by atoms with Gasteiger partial charge in [-0.3, -0.25) is 19.3 Å². The number of nitrogens with zero attached hydrogens (tertiary/aromatic N) is 1. The van der Waals surface area contributed by atoms with Crippen molar-refractivity contribution in [2.75, 3.05) is 25.6 Å². The Kier molecular flexibility index (Phi) is 7.55. The van der Waals surface area contributed by atoms with Gasteiger partial charge in [-0.2, -0.15) is 0 Å². The van der Waals surface area contributed by atoms with E-state index in [1.165, 1.54) is 31.4 Å². The lowest BCUT2D eigenvalue weighted by atomic mass is 10.2. The van der Waals surface area contributed by atoms with Crippen molar-refractivity contribution in [3.63, 3.8) is 0 Å². The molecule has 0 unspecified atom stereocenters. The van der Waals surface area contributed by atoms with Crippen molar-refractivity contribution in [1.82, 2.24) is 4.90 Å². The van der Waals surface area contributed by atoms with E-state index in [4.69, 9.17) is 9.47 Å². The standard InChI is InChI=1S/C21H18FIN2O5S/c1-3-30-19-15(23)8-12(9-16(19)29-2)10-17-20(27)25(21(28)31-17)11-18(26)24-14-6-4-13(22)5-7-14/h4-10H,3,11H2,1-2H3,(H,24,26)/b17-10-. The molecule has 0 aromatic heterocycles. The topological polar surface area (TPSA) is 84.9 Å². The number of imide groups is 1. The Labute approximate surface area is 196 Å². The maximum Gasteiger partial charge on any atom is 0.294 e. The van der Waals surface area contributed by atoms with Crippen LogP contribution in [0.2, 0.25) is 0 Å². The summed E-state index contributed by atoms with van der Waals surface area (Å²) < 4.78 is 24.7. The second kappa shape index (κ2) is 10.1. The summed E-state index contributed by atoms with van der Waals surface area (Å²) in [6.45, 7) is 1.90. The van der Waals surface area contributed by atoms with E-state index in [0.717, 1.165) is 20.2 Å². The smallest absolute Gasteiger partial charge is 0.294 e. The second-order valence-corrected chi connectivity index (χ2v) is 8.45. The van der Waals surface area contributed by atoms with Gasteiger partial charge in [-0.05, 0) is 89.3 Å². The van der Waals surface area contributed by atoms with Crippen LogP contribution in [-0.4, -0.2) is 42.2 Å². The molecule has 2 aromatic rings. The van der Waals surface area contributed by atoms with Crippen LogP contribution in [0, 0.1) is 9.39 Å². The molecule has 10 heteroatoms. The fourth-order valence-electron chi connectivity index (χ4n) is 2.77. The highest BCUT2D eigenvalue weighted by Gasteiger charge is 2.36. The summed E-state index contributed by atoms with van der Waals surface area (Å²) in [6, 6.07) is 8.70. The molecule has 2 aromatic carbocycles. The zero-order valence-electron chi connectivity index (χ0n) is 16.6. The zero-order chi connectivity index (χ0) is 22.5. The maximum atomic E-state index is 13.0. The van der Waals surface area contributed by atoms with Crippen LogP contribution in [-0.2, 0) is 9.59 Å². The molecule has 1 aliphatic heterocycles. The predicted molar refractivity (Wildman–Crippen MR) is 125 cm³/mol. The van der Waals surface area contributed by atoms with Gasteiger partial charge in [0.1, 0.15) is 12.4 Å². The van der Waals surface area contributed by atoms with Crippen molar-refractivity contribution in [2.24, 2.45) is 0 Å². The molecule has 0 bridgehead atoms. The largest absolute Gasteiger partial charge is 0.493 e. The molecule has 1 aliphatic rings. The number of hydrogen-bond donors (Lipinski definition) is 1. The second-order valence-electron chi connectivity index (χ2n) is 6.29. The third kappa shape index (κ3) is 5.56. The molecule has 0 atom stereocenters. The first-order chi connectivity index (χ1) is 14.8. The van der Waals surface area contributed by atoms with Crippen LogP contribution in [0.3, 0.4) is 0 Å². The molecule has 1 N–H and O–H groups in total. The van der Waals surface area contributed by atoms with Crippen LogP contribution < -0.4 is 14.8 Å². The third-order valence-corrected chi connectivity index (χ3v) is 5.85.